The van der Waals surface area contributed by atoms with E-state index in [1.54, 1.807) is 7.05 Å². The predicted molar refractivity (Wildman–Crippen MR) is 81.0 cm³/mol. The smallest absolute Gasteiger partial charge is 0.329 e. The van der Waals surface area contributed by atoms with Crippen LogP contribution in [-0.2, 0) is 13.6 Å². The van der Waals surface area contributed by atoms with Crippen LogP contribution in [0.25, 0.3) is 11.2 Å². The van der Waals surface area contributed by atoms with Crippen molar-refractivity contribution in [2.24, 2.45) is 7.05 Å². The molecule has 0 aliphatic carbocycles. The molecule has 2 aromatic rings. The summed E-state index contributed by atoms with van der Waals surface area (Å²) in [6.07, 6.45) is 0. The van der Waals surface area contributed by atoms with Gasteiger partial charge in [-0.3, -0.25) is 14.3 Å². The number of aromatic nitrogens is 4. The van der Waals surface area contributed by atoms with E-state index in [1.165, 1.54) is 4.57 Å². The van der Waals surface area contributed by atoms with Gasteiger partial charge in [-0.1, -0.05) is 0 Å². The van der Waals surface area contributed by atoms with Crippen molar-refractivity contribution in [2.45, 2.75) is 13.5 Å². The molecule has 8 nitrogen and oxygen atoms in total. The molecule has 0 radical (unpaired) electrons. The molecule has 3 rings (SSSR count). The van der Waals surface area contributed by atoms with Crippen LogP contribution in [0.15, 0.2) is 9.59 Å². The minimum absolute atomic E-state index is 0.372. The molecule has 1 N–H and O–H groups in total. The maximum absolute atomic E-state index is 12.1. The standard InChI is InChI=1S/C13H20N6O2/c1-4-19-9-10(17(3)13(21)15-11(9)20)14-12(19)18-7-5-16(2)6-8-18/h4-8H2,1-3H3,(H,15,20,21). The fraction of sp³-hybridized carbons (Fsp3) is 0.615. The molecule has 8 heteroatoms. The average Bonchev–Trinajstić information content (AvgIpc) is 2.85. The fourth-order valence-electron chi connectivity index (χ4n) is 2.77. The Bertz CT molecular complexity index is 778. The summed E-state index contributed by atoms with van der Waals surface area (Å²) in [7, 11) is 3.72. The summed E-state index contributed by atoms with van der Waals surface area (Å²) in [5, 5.41) is 0. The Morgan fingerprint density at radius 2 is 1.81 bits per heavy atom. The Morgan fingerprint density at radius 3 is 2.43 bits per heavy atom. The van der Waals surface area contributed by atoms with Crippen LogP contribution in [-0.4, -0.2) is 57.2 Å². The van der Waals surface area contributed by atoms with Crippen LogP contribution in [0.5, 0.6) is 0 Å². The van der Waals surface area contributed by atoms with Crippen molar-refractivity contribution < 1.29 is 0 Å². The Morgan fingerprint density at radius 1 is 1.14 bits per heavy atom. The molecule has 21 heavy (non-hydrogen) atoms. The number of H-pyrrole nitrogens is 1. The zero-order chi connectivity index (χ0) is 15.1. The van der Waals surface area contributed by atoms with Crippen molar-refractivity contribution in [3.8, 4) is 0 Å². The molecule has 1 saturated heterocycles. The summed E-state index contributed by atoms with van der Waals surface area (Å²) in [6.45, 7) is 6.27. The number of imidazole rings is 1. The molecule has 3 heterocycles. The number of piperazine rings is 1. The molecule has 0 spiro atoms. The SMILES string of the molecule is CCn1c(N2CCN(C)CC2)nc2c1c(=O)[nH]c(=O)n2C. The highest BCUT2D eigenvalue weighted by atomic mass is 16.2. The largest absolute Gasteiger partial charge is 0.340 e. The van der Waals surface area contributed by atoms with Gasteiger partial charge in [-0.15, -0.1) is 0 Å². The molecule has 2 aromatic heterocycles. The highest BCUT2D eigenvalue weighted by molar-refractivity contribution is 5.74. The molecular formula is C13H20N6O2. The monoisotopic (exact) mass is 292 g/mol. The first kappa shape index (κ1) is 13.9. The summed E-state index contributed by atoms with van der Waals surface area (Å²) in [4.78, 5) is 35.2. The Balaban J connectivity index is 2.20. The number of likely N-dealkylation sites (N-methyl/N-ethyl adjacent to an activating group) is 1. The van der Waals surface area contributed by atoms with Crippen LogP contribution in [0.2, 0.25) is 0 Å². The van der Waals surface area contributed by atoms with Gasteiger partial charge in [0.25, 0.3) is 5.56 Å². The summed E-state index contributed by atoms with van der Waals surface area (Å²) >= 11 is 0. The maximum Gasteiger partial charge on any atom is 0.329 e. The lowest BCUT2D eigenvalue weighted by Gasteiger charge is -2.33. The van der Waals surface area contributed by atoms with Gasteiger partial charge >= 0.3 is 5.69 Å². The van der Waals surface area contributed by atoms with Crippen LogP contribution in [0.3, 0.4) is 0 Å². The number of aryl methyl sites for hydroxylation is 2. The highest BCUT2D eigenvalue weighted by Gasteiger charge is 2.22. The Labute approximate surface area is 121 Å². The number of hydrogen-bond acceptors (Lipinski definition) is 5. The predicted octanol–water partition coefficient (Wildman–Crippen LogP) is -0.805. The number of rotatable bonds is 2. The molecular weight excluding hydrogens is 272 g/mol. The van der Waals surface area contributed by atoms with E-state index in [1.807, 2.05) is 11.5 Å². The van der Waals surface area contributed by atoms with Gasteiger partial charge in [0, 0.05) is 39.8 Å². The Hall–Kier alpha value is -2.09. The maximum atomic E-state index is 12.1. The lowest BCUT2D eigenvalue weighted by Crippen LogP contribution is -2.45. The van der Waals surface area contributed by atoms with Crippen molar-refractivity contribution >= 4 is 17.1 Å². The van der Waals surface area contributed by atoms with E-state index >= 15 is 0 Å². The van der Waals surface area contributed by atoms with Gasteiger partial charge in [-0.05, 0) is 14.0 Å². The molecule has 0 saturated carbocycles. The molecule has 1 fully saturated rings. The minimum Gasteiger partial charge on any atom is -0.340 e. The summed E-state index contributed by atoms with van der Waals surface area (Å²) in [5.74, 6) is 0.771. The van der Waals surface area contributed by atoms with E-state index in [0.29, 0.717) is 17.7 Å². The summed E-state index contributed by atoms with van der Waals surface area (Å²) < 4.78 is 3.28. The van der Waals surface area contributed by atoms with E-state index in [2.05, 4.69) is 26.8 Å². The second kappa shape index (κ2) is 5.03. The normalized spacial score (nSPS) is 16.8. The zero-order valence-corrected chi connectivity index (χ0v) is 12.6. The van der Waals surface area contributed by atoms with Crippen LogP contribution in [0.1, 0.15) is 6.92 Å². The van der Waals surface area contributed by atoms with Crippen LogP contribution >= 0.6 is 0 Å². The molecule has 114 valence electrons. The van der Waals surface area contributed by atoms with Gasteiger partial charge in [0.1, 0.15) is 0 Å². The third-order valence-electron chi connectivity index (χ3n) is 4.09. The number of anilines is 1. The first-order valence-electron chi connectivity index (χ1n) is 7.16. The van der Waals surface area contributed by atoms with E-state index in [0.717, 1.165) is 32.1 Å². The first-order valence-corrected chi connectivity index (χ1v) is 7.16. The van der Waals surface area contributed by atoms with Crippen LogP contribution in [0, 0.1) is 0 Å². The molecule has 0 bridgehead atoms. The number of hydrogen-bond donors (Lipinski definition) is 1. The lowest BCUT2D eigenvalue weighted by molar-refractivity contribution is 0.310. The highest BCUT2D eigenvalue weighted by Crippen LogP contribution is 2.20. The number of nitrogens with one attached hydrogen (secondary N) is 1. The van der Waals surface area contributed by atoms with E-state index < -0.39 is 5.69 Å². The molecule has 0 unspecified atom stereocenters. The summed E-state index contributed by atoms with van der Waals surface area (Å²) in [6, 6.07) is 0. The van der Waals surface area contributed by atoms with E-state index in [4.69, 9.17) is 0 Å². The van der Waals surface area contributed by atoms with Gasteiger partial charge in [0.15, 0.2) is 11.2 Å². The van der Waals surface area contributed by atoms with E-state index in [9.17, 15) is 9.59 Å². The first-order chi connectivity index (χ1) is 10.0. The molecule has 1 aliphatic rings. The molecule has 0 aromatic carbocycles. The van der Waals surface area contributed by atoms with Gasteiger partial charge in [-0.25, -0.2) is 4.79 Å². The second-order valence-corrected chi connectivity index (χ2v) is 5.44. The molecule has 1 aliphatic heterocycles. The van der Waals surface area contributed by atoms with Crippen molar-refractivity contribution in [1.29, 1.82) is 0 Å². The topological polar surface area (TPSA) is 79.2 Å². The number of nitrogens with zero attached hydrogens (tertiary/aromatic N) is 5. The number of aromatic amines is 1. The number of fused-ring (bicyclic) bond motifs is 1. The third-order valence-corrected chi connectivity index (χ3v) is 4.09. The van der Waals surface area contributed by atoms with Gasteiger partial charge in [-0.2, -0.15) is 4.98 Å². The van der Waals surface area contributed by atoms with Crippen molar-refractivity contribution in [2.75, 3.05) is 38.1 Å². The zero-order valence-electron chi connectivity index (χ0n) is 12.6. The fourth-order valence-corrected chi connectivity index (χ4v) is 2.77. The third kappa shape index (κ3) is 2.15. The van der Waals surface area contributed by atoms with Gasteiger partial charge in [0.05, 0.1) is 0 Å². The summed E-state index contributed by atoms with van der Waals surface area (Å²) in [5.41, 5.74) is 0.106. The molecule has 0 amide bonds. The van der Waals surface area contributed by atoms with Gasteiger partial charge < -0.3 is 14.4 Å². The quantitative estimate of drug-likeness (QED) is 0.783. The van der Waals surface area contributed by atoms with E-state index in [-0.39, 0.29) is 5.56 Å². The van der Waals surface area contributed by atoms with Crippen molar-refractivity contribution in [3.63, 3.8) is 0 Å². The second-order valence-electron chi connectivity index (χ2n) is 5.44. The molecule has 0 atom stereocenters. The van der Waals surface area contributed by atoms with Crippen molar-refractivity contribution in [1.82, 2.24) is 24.0 Å². The Kier molecular flexibility index (Phi) is 3.32. The van der Waals surface area contributed by atoms with Crippen molar-refractivity contribution in [3.05, 3.63) is 20.8 Å². The minimum atomic E-state index is -0.432. The van der Waals surface area contributed by atoms with Gasteiger partial charge in [0.2, 0.25) is 5.95 Å². The average molecular weight is 292 g/mol. The van der Waals surface area contributed by atoms with Crippen LogP contribution < -0.4 is 16.1 Å². The lowest BCUT2D eigenvalue weighted by atomic mass is 10.3. The van der Waals surface area contributed by atoms with Crippen LogP contribution in [0.4, 0.5) is 5.95 Å².